The fourth-order valence-corrected chi connectivity index (χ4v) is 2.93. The lowest BCUT2D eigenvalue weighted by Crippen LogP contribution is -2.25. The minimum absolute atomic E-state index is 0.00375. The molecule has 5 nitrogen and oxygen atoms in total. The summed E-state index contributed by atoms with van der Waals surface area (Å²) in [5.74, 6) is -0.409. The van der Waals surface area contributed by atoms with E-state index in [0.717, 1.165) is 5.69 Å². The van der Waals surface area contributed by atoms with Crippen LogP contribution < -0.4 is 5.32 Å². The van der Waals surface area contributed by atoms with Crippen molar-refractivity contribution in [3.8, 4) is 0 Å². The number of hydrogen-bond acceptors (Lipinski definition) is 5. The quantitative estimate of drug-likeness (QED) is 0.901. The van der Waals surface area contributed by atoms with Crippen molar-refractivity contribution in [2.45, 2.75) is 37.6 Å². The van der Waals surface area contributed by atoms with Gasteiger partial charge in [-0.1, -0.05) is 6.92 Å². The van der Waals surface area contributed by atoms with Gasteiger partial charge < -0.3 is 14.8 Å². The maximum atomic E-state index is 11.7. The second kappa shape index (κ2) is 5.71. The summed E-state index contributed by atoms with van der Waals surface area (Å²) >= 11 is 0. The number of hydrogen-bond donors (Lipinski definition) is 1. The second-order valence-electron chi connectivity index (χ2n) is 5.26. The number of nitrogens with one attached hydrogen (secondary N) is 1. The summed E-state index contributed by atoms with van der Waals surface area (Å²) in [5.41, 5.74) is 0.869. The average Bonchev–Trinajstić information content (AvgIpc) is 2.76. The Hall–Kier alpha value is -1.11. The van der Waals surface area contributed by atoms with E-state index >= 15 is 0 Å². The van der Waals surface area contributed by atoms with Gasteiger partial charge in [0.25, 0.3) is 0 Å². The van der Waals surface area contributed by atoms with Crippen LogP contribution in [-0.2, 0) is 19.3 Å². The first-order chi connectivity index (χ1) is 9.32. The molecule has 1 atom stereocenters. The summed E-state index contributed by atoms with van der Waals surface area (Å²) < 4.78 is 34.6. The fraction of sp³-hybridized carbons (Fsp3) is 0.571. The molecule has 1 aromatic carbocycles. The molecule has 0 radical (unpaired) electrons. The smallest absolute Gasteiger partial charge is 0.178 e. The van der Waals surface area contributed by atoms with E-state index in [1.165, 1.54) is 0 Å². The molecular weight excluding hydrogens is 278 g/mol. The Bertz CT molecular complexity index is 551. The minimum Gasteiger partial charge on any atom is -0.382 e. The van der Waals surface area contributed by atoms with Gasteiger partial charge in [0.1, 0.15) is 6.10 Å². The Morgan fingerprint density at radius 1 is 1.30 bits per heavy atom. The monoisotopic (exact) mass is 299 g/mol. The molecule has 1 unspecified atom stereocenters. The number of sulfone groups is 1. The lowest BCUT2D eigenvalue weighted by Gasteiger charge is -2.17. The highest BCUT2D eigenvalue weighted by Gasteiger charge is 2.32. The summed E-state index contributed by atoms with van der Waals surface area (Å²) in [6.07, 6.45) is 0.00375. The van der Waals surface area contributed by atoms with Crippen molar-refractivity contribution in [2.24, 2.45) is 0 Å². The average molecular weight is 299 g/mol. The largest absolute Gasteiger partial charge is 0.382 e. The van der Waals surface area contributed by atoms with E-state index in [1.54, 1.807) is 31.2 Å². The molecule has 1 aromatic rings. The topological polar surface area (TPSA) is 64.6 Å². The van der Waals surface area contributed by atoms with Crippen molar-refractivity contribution in [3.63, 3.8) is 0 Å². The molecule has 0 saturated carbocycles. The summed E-state index contributed by atoms with van der Waals surface area (Å²) in [7, 11) is -3.13. The van der Waals surface area contributed by atoms with E-state index < -0.39 is 15.6 Å². The zero-order chi connectivity index (χ0) is 14.8. The van der Waals surface area contributed by atoms with Gasteiger partial charge in [-0.25, -0.2) is 8.42 Å². The van der Waals surface area contributed by atoms with E-state index in [0.29, 0.717) is 18.0 Å². The van der Waals surface area contributed by atoms with E-state index in [9.17, 15) is 8.42 Å². The third kappa shape index (κ3) is 3.71. The third-order valence-electron chi connectivity index (χ3n) is 3.19. The Balaban J connectivity index is 1.92. The Labute approximate surface area is 120 Å². The molecule has 1 aliphatic rings. The summed E-state index contributed by atoms with van der Waals surface area (Å²) in [6.45, 7) is 6.60. The molecular formula is C14H21NO4S. The van der Waals surface area contributed by atoms with Crippen LogP contribution >= 0.6 is 0 Å². The number of rotatable bonds is 5. The lowest BCUT2D eigenvalue weighted by molar-refractivity contribution is -0.136. The molecule has 1 saturated heterocycles. The SMILES string of the molecule is CCS(=O)(=O)c1ccc(NCC2COC(C)(C)O2)cc1. The zero-order valence-electron chi connectivity index (χ0n) is 12.0. The highest BCUT2D eigenvalue weighted by Crippen LogP contribution is 2.23. The van der Waals surface area contributed by atoms with Crippen molar-refractivity contribution < 1.29 is 17.9 Å². The Morgan fingerprint density at radius 2 is 1.95 bits per heavy atom. The van der Waals surface area contributed by atoms with Crippen molar-refractivity contribution >= 4 is 15.5 Å². The molecule has 0 bridgehead atoms. The fourth-order valence-electron chi connectivity index (χ4n) is 2.04. The van der Waals surface area contributed by atoms with E-state index in [-0.39, 0.29) is 11.9 Å². The van der Waals surface area contributed by atoms with Gasteiger partial charge in [0.15, 0.2) is 15.6 Å². The van der Waals surface area contributed by atoms with Gasteiger partial charge in [-0.05, 0) is 38.1 Å². The van der Waals surface area contributed by atoms with Crippen LogP contribution in [-0.4, -0.2) is 39.2 Å². The van der Waals surface area contributed by atoms with Gasteiger partial charge in [-0.3, -0.25) is 0 Å². The van der Waals surface area contributed by atoms with Gasteiger partial charge in [0.05, 0.1) is 17.3 Å². The molecule has 0 aliphatic carbocycles. The van der Waals surface area contributed by atoms with E-state index in [1.807, 2.05) is 13.8 Å². The van der Waals surface area contributed by atoms with Crippen molar-refractivity contribution in [1.82, 2.24) is 0 Å². The molecule has 2 rings (SSSR count). The molecule has 6 heteroatoms. The molecule has 0 aromatic heterocycles. The van der Waals surface area contributed by atoms with E-state index in [2.05, 4.69) is 5.32 Å². The van der Waals surface area contributed by atoms with Gasteiger partial charge in [-0.15, -0.1) is 0 Å². The molecule has 1 N–H and O–H groups in total. The Morgan fingerprint density at radius 3 is 2.45 bits per heavy atom. The van der Waals surface area contributed by atoms with Crippen LogP contribution in [0.3, 0.4) is 0 Å². The summed E-state index contributed by atoms with van der Waals surface area (Å²) in [6, 6.07) is 6.78. The van der Waals surface area contributed by atoms with E-state index in [4.69, 9.17) is 9.47 Å². The molecule has 112 valence electrons. The predicted molar refractivity (Wildman–Crippen MR) is 77.6 cm³/mol. The van der Waals surface area contributed by atoms with Gasteiger partial charge >= 0.3 is 0 Å². The maximum absolute atomic E-state index is 11.7. The van der Waals surface area contributed by atoms with Crippen molar-refractivity contribution in [1.29, 1.82) is 0 Å². The standard InChI is InChI=1S/C14H21NO4S/c1-4-20(16,17)13-7-5-11(6-8-13)15-9-12-10-18-14(2,3)19-12/h5-8,12,15H,4,9-10H2,1-3H3. The molecule has 0 amide bonds. The summed E-state index contributed by atoms with van der Waals surface area (Å²) in [4.78, 5) is 0.354. The molecule has 1 aliphatic heterocycles. The minimum atomic E-state index is -3.13. The van der Waals surface area contributed by atoms with Gasteiger partial charge in [0.2, 0.25) is 0 Å². The predicted octanol–water partition coefficient (Wildman–Crippen LogP) is 2.04. The lowest BCUT2D eigenvalue weighted by atomic mass is 10.3. The van der Waals surface area contributed by atoms with Crippen LogP contribution in [0, 0.1) is 0 Å². The van der Waals surface area contributed by atoms with Crippen LogP contribution in [0.4, 0.5) is 5.69 Å². The first-order valence-electron chi connectivity index (χ1n) is 6.71. The molecule has 20 heavy (non-hydrogen) atoms. The van der Waals surface area contributed by atoms with Crippen LogP contribution in [0.25, 0.3) is 0 Å². The van der Waals surface area contributed by atoms with Crippen molar-refractivity contribution in [3.05, 3.63) is 24.3 Å². The van der Waals surface area contributed by atoms with Gasteiger partial charge in [-0.2, -0.15) is 0 Å². The first kappa shape index (κ1) is 15.3. The molecule has 1 heterocycles. The highest BCUT2D eigenvalue weighted by atomic mass is 32.2. The molecule has 0 spiro atoms. The number of ether oxygens (including phenoxy) is 2. The maximum Gasteiger partial charge on any atom is 0.178 e. The van der Waals surface area contributed by atoms with Crippen LogP contribution in [0.1, 0.15) is 20.8 Å². The summed E-state index contributed by atoms with van der Waals surface area (Å²) in [5, 5.41) is 3.22. The van der Waals surface area contributed by atoms with Crippen LogP contribution in [0.5, 0.6) is 0 Å². The number of anilines is 1. The highest BCUT2D eigenvalue weighted by molar-refractivity contribution is 7.91. The van der Waals surface area contributed by atoms with Gasteiger partial charge in [0, 0.05) is 12.2 Å². The first-order valence-corrected chi connectivity index (χ1v) is 8.36. The zero-order valence-corrected chi connectivity index (χ0v) is 12.9. The molecule has 1 fully saturated rings. The van der Waals surface area contributed by atoms with Crippen LogP contribution in [0.2, 0.25) is 0 Å². The normalized spacial score (nSPS) is 21.9. The Kier molecular flexibility index (Phi) is 4.36. The third-order valence-corrected chi connectivity index (χ3v) is 4.95. The number of benzene rings is 1. The van der Waals surface area contributed by atoms with Crippen molar-refractivity contribution in [2.75, 3.05) is 24.2 Å². The van der Waals surface area contributed by atoms with Crippen LogP contribution in [0.15, 0.2) is 29.2 Å². The second-order valence-corrected chi connectivity index (χ2v) is 7.54.